The van der Waals surface area contributed by atoms with Crippen molar-refractivity contribution in [1.82, 2.24) is 9.80 Å². The van der Waals surface area contributed by atoms with E-state index in [-0.39, 0.29) is 5.75 Å². The van der Waals surface area contributed by atoms with E-state index in [1.165, 1.54) is 12.1 Å². The van der Waals surface area contributed by atoms with Gasteiger partial charge in [-0.3, -0.25) is 4.90 Å². The van der Waals surface area contributed by atoms with Crippen LogP contribution in [0.1, 0.15) is 11.1 Å². The third kappa shape index (κ3) is 5.57. The molecule has 3 rings (SSSR count). The normalized spacial score (nSPS) is 14.9. The molecule has 1 N–H and O–H groups in total. The van der Waals surface area contributed by atoms with Gasteiger partial charge >= 0.3 is 6.61 Å². The first-order valence-corrected chi connectivity index (χ1v) is 9.51. The molecule has 0 bridgehead atoms. The first-order chi connectivity index (χ1) is 13.8. The molecule has 1 heterocycles. The van der Waals surface area contributed by atoms with E-state index in [0.717, 1.165) is 11.6 Å². The molecule has 0 unspecified atom stereocenters. The second-order valence-corrected chi connectivity index (χ2v) is 7.17. The summed E-state index contributed by atoms with van der Waals surface area (Å²) >= 11 is 5.42. The summed E-state index contributed by atoms with van der Waals surface area (Å²) in [6, 6.07) is 8.99. The molecule has 2 aromatic carbocycles. The number of hydrogen-bond donors (Lipinski definition) is 1. The van der Waals surface area contributed by atoms with Crippen molar-refractivity contribution >= 4 is 23.0 Å². The minimum atomic E-state index is -2.93. The number of nitrogens with zero attached hydrogens (tertiary/aromatic N) is 2. The Morgan fingerprint density at radius 1 is 1.14 bits per heavy atom. The number of aryl methyl sites for hydroxylation is 1. The minimum absolute atomic E-state index is 0.0214. The number of anilines is 1. The van der Waals surface area contributed by atoms with E-state index in [4.69, 9.17) is 12.2 Å². The number of alkyl halides is 2. The predicted molar refractivity (Wildman–Crippen MR) is 107 cm³/mol. The highest BCUT2D eigenvalue weighted by molar-refractivity contribution is 7.80. The van der Waals surface area contributed by atoms with Gasteiger partial charge in [0.05, 0.1) is 5.69 Å². The van der Waals surface area contributed by atoms with Gasteiger partial charge in [0.2, 0.25) is 0 Å². The van der Waals surface area contributed by atoms with E-state index >= 15 is 0 Å². The van der Waals surface area contributed by atoms with E-state index in [0.29, 0.717) is 49.1 Å². The maximum Gasteiger partial charge on any atom is 0.387 e. The van der Waals surface area contributed by atoms with Crippen molar-refractivity contribution in [1.29, 1.82) is 0 Å². The van der Waals surface area contributed by atoms with Crippen LogP contribution in [-0.2, 0) is 6.54 Å². The van der Waals surface area contributed by atoms with Gasteiger partial charge in [-0.1, -0.05) is 18.2 Å². The number of ether oxygens (including phenoxy) is 1. The molecule has 9 heteroatoms. The Labute approximate surface area is 172 Å². The summed E-state index contributed by atoms with van der Waals surface area (Å²) in [5.41, 5.74) is 1.56. The van der Waals surface area contributed by atoms with Crippen LogP contribution < -0.4 is 10.1 Å². The second kappa shape index (κ2) is 9.41. The summed E-state index contributed by atoms with van der Waals surface area (Å²) in [6.45, 7) is 1.56. The Balaban J connectivity index is 1.58. The van der Waals surface area contributed by atoms with Gasteiger partial charge in [-0.25, -0.2) is 8.78 Å². The van der Waals surface area contributed by atoms with Gasteiger partial charge in [-0.2, -0.15) is 8.78 Å². The topological polar surface area (TPSA) is 27.7 Å². The molecule has 1 saturated heterocycles. The number of thiocarbonyl (C=S) groups is 1. The molecule has 156 valence electrons. The second-order valence-electron chi connectivity index (χ2n) is 6.78. The lowest BCUT2D eigenvalue weighted by atomic mass is 10.1. The van der Waals surface area contributed by atoms with Crippen molar-refractivity contribution in [2.75, 3.05) is 31.5 Å². The number of benzene rings is 2. The quantitative estimate of drug-likeness (QED) is 0.565. The number of rotatable bonds is 5. The van der Waals surface area contributed by atoms with E-state index in [1.807, 2.05) is 16.7 Å². The number of halogens is 4. The molecule has 0 saturated carbocycles. The monoisotopic (exact) mass is 427 g/mol. The highest BCUT2D eigenvalue weighted by Gasteiger charge is 2.21. The maximum absolute atomic E-state index is 13.9. The van der Waals surface area contributed by atoms with Gasteiger partial charge in [0.1, 0.15) is 5.75 Å². The van der Waals surface area contributed by atoms with E-state index < -0.39 is 18.2 Å². The fraction of sp³-hybridized carbons (Fsp3) is 0.350. The Hall–Kier alpha value is -2.39. The highest BCUT2D eigenvalue weighted by Crippen LogP contribution is 2.28. The fourth-order valence-corrected chi connectivity index (χ4v) is 3.45. The first kappa shape index (κ1) is 21.3. The van der Waals surface area contributed by atoms with Crippen molar-refractivity contribution in [2.24, 2.45) is 0 Å². The van der Waals surface area contributed by atoms with E-state index in [2.05, 4.69) is 10.1 Å². The van der Waals surface area contributed by atoms with Crippen LogP contribution in [0, 0.1) is 18.6 Å². The molecule has 0 radical (unpaired) electrons. The standard InChI is InChI=1S/C20H21F4N3OS/c1-13-5-6-17(28-19(23)24)16(11-13)25-20(29)27-9-7-26(8-10-27)12-14-3-2-4-15(21)18(14)22/h2-6,11,19H,7-10,12H2,1H3,(H,25,29). The van der Waals surface area contributed by atoms with Crippen LogP contribution in [0.15, 0.2) is 36.4 Å². The zero-order valence-electron chi connectivity index (χ0n) is 15.8. The van der Waals surface area contributed by atoms with E-state index in [1.54, 1.807) is 18.2 Å². The van der Waals surface area contributed by atoms with Crippen molar-refractivity contribution in [3.8, 4) is 5.75 Å². The van der Waals surface area contributed by atoms with Gasteiger partial charge in [0.15, 0.2) is 16.7 Å². The zero-order valence-corrected chi connectivity index (χ0v) is 16.6. The van der Waals surface area contributed by atoms with Crippen molar-refractivity contribution < 1.29 is 22.3 Å². The third-order valence-corrected chi connectivity index (χ3v) is 5.04. The molecule has 1 fully saturated rings. The van der Waals surface area contributed by atoms with Crippen LogP contribution >= 0.6 is 12.2 Å². The Kier molecular flexibility index (Phi) is 6.92. The summed E-state index contributed by atoms with van der Waals surface area (Å²) in [5.74, 6) is -1.65. The number of piperazine rings is 1. The lowest BCUT2D eigenvalue weighted by Gasteiger charge is -2.36. The van der Waals surface area contributed by atoms with Crippen LogP contribution in [0.25, 0.3) is 0 Å². The molecule has 0 atom stereocenters. The number of nitrogens with one attached hydrogen (secondary N) is 1. The lowest BCUT2D eigenvalue weighted by molar-refractivity contribution is -0.0493. The van der Waals surface area contributed by atoms with Gasteiger partial charge in [-0.05, 0) is 42.9 Å². The average molecular weight is 427 g/mol. The molecule has 2 aromatic rings. The van der Waals surface area contributed by atoms with E-state index in [9.17, 15) is 17.6 Å². The molecule has 0 spiro atoms. The molecule has 0 amide bonds. The Morgan fingerprint density at radius 3 is 2.55 bits per heavy atom. The fourth-order valence-electron chi connectivity index (χ4n) is 3.16. The zero-order chi connectivity index (χ0) is 21.0. The Morgan fingerprint density at radius 2 is 1.86 bits per heavy atom. The van der Waals surface area contributed by atoms with Gasteiger partial charge in [0.25, 0.3) is 0 Å². The molecule has 1 aliphatic heterocycles. The summed E-state index contributed by atoms with van der Waals surface area (Å²) in [5, 5.41) is 3.37. The van der Waals surface area contributed by atoms with Crippen molar-refractivity contribution in [2.45, 2.75) is 20.1 Å². The molecule has 0 aromatic heterocycles. The van der Waals surface area contributed by atoms with Crippen LogP contribution in [0.2, 0.25) is 0 Å². The largest absolute Gasteiger partial charge is 0.433 e. The predicted octanol–water partition coefficient (Wildman–Crippen LogP) is 4.39. The first-order valence-electron chi connectivity index (χ1n) is 9.10. The summed E-state index contributed by atoms with van der Waals surface area (Å²) in [7, 11) is 0. The molecule has 1 aliphatic rings. The van der Waals surface area contributed by atoms with Gasteiger partial charge < -0.3 is 15.0 Å². The lowest BCUT2D eigenvalue weighted by Crippen LogP contribution is -2.49. The van der Waals surface area contributed by atoms with Crippen molar-refractivity contribution in [3.63, 3.8) is 0 Å². The SMILES string of the molecule is Cc1ccc(OC(F)F)c(NC(=S)N2CCN(Cc3cccc(F)c3F)CC2)c1. The van der Waals surface area contributed by atoms with Crippen LogP contribution in [0.3, 0.4) is 0 Å². The molecule has 4 nitrogen and oxygen atoms in total. The Bertz CT molecular complexity index is 873. The number of hydrogen-bond acceptors (Lipinski definition) is 3. The molecular weight excluding hydrogens is 406 g/mol. The van der Waals surface area contributed by atoms with Gasteiger partial charge in [-0.15, -0.1) is 0 Å². The highest BCUT2D eigenvalue weighted by atomic mass is 32.1. The van der Waals surface area contributed by atoms with Crippen LogP contribution in [0.5, 0.6) is 5.75 Å². The smallest absolute Gasteiger partial charge is 0.387 e. The molecule has 29 heavy (non-hydrogen) atoms. The van der Waals surface area contributed by atoms with Crippen LogP contribution in [0.4, 0.5) is 23.2 Å². The molecule has 0 aliphatic carbocycles. The summed E-state index contributed by atoms with van der Waals surface area (Å²) in [4.78, 5) is 3.91. The summed E-state index contributed by atoms with van der Waals surface area (Å²) < 4.78 is 57.0. The average Bonchev–Trinajstić information content (AvgIpc) is 2.68. The minimum Gasteiger partial charge on any atom is -0.433 e. The third-order valence-electron chi connectivity index (χ3n) is 4.68. The molecular formula is C20H21F4N3OS. The van der Waals surface area contributed by atoms with Crippen molar-refractivity contribution in [3.05, 3.63) is 59.2 Å². The van der Waals surface area contributed by atoms with Crippen LogP contribution in [-0.4, -0.2) is 47.7 Å². The summed E-state index contributed by atoms with van der Waals surface area (Å²) in [6.07, 6.45) is 0. The maximum atomic E-state index is 13.9. The van der Waals surface area contributed by atoms with Gasteiger partial charge in [0, 0.05) is 38.3 Å².